The van der Waals surface area contributed by atoms with Crippen molar-refractivity contribution < 1.29 is 8.83 Å². The molecule has 0 spiro atoms. The zero-order chi connectivity index (χ0) is 69.5. The van der Waals surface area contributed by atoms with Crippen LogP contribution in [0.3, 0.4) is 0 Å². The summed E-state index contributed by atoms with van der Waals surface area (Å²) in [7, 11) is 0. The van der Waals surface area contributed by atoms with E-state index in [9.17, 15) is 0 Å². The van der Waals surface area contributed by atoms with Crippen LogP contribution in [0.15, 0.2) is 349 Å². The van der Waals surface area contributed by atoms with Gasteiger partial charge in [-0.05, 0) is 182 Å². The zero-order valence-corrected chi connectivity index (χ0v) is 56.8. The minimum atomic E-state index is 0.568. The number of fused-ring (bicyclic) bond motifs is 12. The normalized spacial score (nSPS) is 12.0. The Morgan fingerprint density at radius 3 is 1.06 bits per heavy atom. The summed E-state index contributed by atoms with van der Waals surface area (Å²) in [5.74, 6) is 3.48. The van der Waals surface area contributed by atoms with Gasteiger partial charge >= 0.3 is 0 Å². The van der Waals surface area contributed by atoms with Gasteiger partial charge in [-0.1, -0.05) is 279 Å². The number of benzene rings is 16. The third-order valence-electron chi connectivity index (χ3n) is 21.5. The van der Waals surface area contributed by atoms with E-state index in [0.717, 1.165) is 127 Å². The van der Waals surface area contributed by atoms with Crippen LogP contribution in [-0.4, -0.2) is 29.9 Å². The molecule has 0 unspecified atom stereocenters. The molecule has 0 atom stereocenters. The van der Waals surface area contributed by atoms with Crippen LogP contribution in [0.5, 0.6) is 0 Å². The Hall–Kier alpha value is -14.3. The molecule has 4 heterocycles. The van der Waals surface area contributed by atoms with Gasteiger partial charge in [-0.25, -0.2) is 29.9 Å². The lowest BCUT2D eigenvalue weighted by Crippen LogP contribution is -2.01. The van der Waals surface area contributed by atoms with Gasteiger partial charge in [0, 0.05) is 54.9 Å². The topological polar surface area (TPSA) is 104 Å². The lowest BCUT2D eigenvalue weighted by Gasteiger charge is -2.14. The highest BCUT2D eigenvalue weighted by atomic mass is 16.3. The molecule has 16 aromatic carbocycles. The van der Waals surface area contributed by atoms with Crippen molar-refractivity contribution in [1.82, 2.24) is 29.9 Å². The van der Waals surface area contributed by atoms with E-state index in [1.54, 1.807) is 0 Å². The first-order chi connectivity index (χ1) is 52.5. The van der Waals surface area contributed by atoms with E-state index in [1.807, 2.05) is 72.8 Å². The first-order valence-electron chi connectivity index (χ1n) is 35.8. The fourth-order valence-corrected chi connectivity index (χ4v) is 16.6. The summed E-state index contributed by atoms with van der Waals surface area (Å²) < 4.78 is 13.3. The summed E-state index contributed by atoms with van der Waals surface area (Å²) in [5.41, 5.74) is 29.2. The maximum atomic E-state index is 6.64. The van der Waals surface area contributed by atoms with E-state index >= 15 is 0 Å². The van der Waals surface area contributed by atoms with E-state index in [2.05, 4.69) is 267 Å². The van der Waals surface area contributed by atoms with Crippen molar-refractivity contribution in [1.29, 1.82) is 0 Å². The quantitative estimate of drug-likeness (QED) is 0.126. The predicted molar refractivity (Wildman–Crippen MR) is 431 cm³/mol. The number of hydrogen-bond donors (Lipinski definition) is 0. The lowest BCUT2D eigenvalue weighted by molar-refractivity contribution is 0.668. The van der Waals surface area contributed by atoms with Crippen LogP contribution in [0.4, 0.5) is 0 Å². The van der Waals surface area contributed by atoms with E-state index < -0.39 is 0 Å². The zero-order valence-electron chi connectivity index (χ0n) is 56.8. The number of hydrogen-bond acceptors (Lipinski definition) is 8. The molecule has 2 aliphatic rings. The van der Waals surface area contributed by atoms with E-state index in [-0.39, 0.29) is 0 Å². The summed E-state index contributed by atoms with van der Waals surface area (Å²) in [6.45, 7) is 0. The monoisotopic (exact) mass is 1350 g/mol. The SMILES string of the molecule is c1ccc(-c2ccc3c(c2)oc2cccc(-c4nc(-c5ccccc5)nc(-c5ccccc5-c5ccc6c(c5)-c5cccc7c(-c8ccc9c(c8)-c8cc(-c%10ccccc%10-c%10nc(-c%11ccccc%11)nc(-c%11cccc%12oc%13cc(-c%14ccccc%14)ccc%13c%11%12)n%10)cc%10cccc-9c8%10)ccc-6c57)n4)c23)cc1. The van der Waals surface area contributed by atoms with Crippen LogP contribution in [-0.2, 0) is 0 Å². The van der Waals surface area contributed by atoms with Crippen molar-refractivity contribution in [3.63, 3.8) is 0 Å². The average molecular weight is 1350 g/mol. The maximum absolute atomic E-state index is 6.64. The second kappa shape index (κ2) is 23.6. The van der Waals surface area contributed by atoms with Crippen LogP contribution < -0.4 is 0 Å². The summed E-state index contributed by atoms with van der Waals surface area (Å²) in [6.07, 6.45) is 0. The van der Waals surface area contributed by atoms with Gasteiger partial charge in [-0.15, -0.1) is 0 Å². The molecule has 0 N–H and O–H groups in total. The van der Waals surface area contributed by atoms with E-state index in [0.29, 0.717) is 34.9 Å². The molecule has 8 nitrogen and oxygen atoms in total. The Labute approximate surface area is 608 Å². The van der Waals surface area contributed by atoms with Gasteiger partial charge < -0.3 is 8.83 Å². The minimum absolute atomic E-state index is 0.568. The van der Waals surface area contributed by atoms with Crippen molar-refractivity contribution in [2.24, 2.45) is 0 Å². The van der Waals surface area contributed by atoms with Gasteiger partial charge in [0.1, 0.15) is 22.3 Å². The third-order valence-corrected chi connectivity index (χ3v) is 21.5. The average Bonchev–Trinajstić information content (AvgIpc) is 1.56. The molecule has 0 fully saturated rings. The Bertz CT molecular complexity index is 7070. The molecular formula is C98H56N6O2. The van der Waals surface area contributed by atoms with Crippen LogP contribution in [0.2, 0.25) is 0 Å². The minimum Gasteiger partial charge on any atom is -0.456 e. The number of furan rings is 2. The molecule has 22 rings (SSSR count). The first kappa shape index (κ1) is 59.4. The molecule has 4 aromatic heterocycles. The van der Waals surface area contributed by atoms with Crippen LogP contribution >= 0.6 is 0 Å². The van der Waals surface area contributed by atoms with Crippen LogP contribution in [0.1, 0.15) is 0 Å². The van der Waals surface area contributed by atoms with Gasteiger partial charge in [0.15, 0.2) is 34.9 Å². The largest absolute Gasteiger partial charge is 0.456 e. The number of aromatic nitrogens is 6. The smallest absolute Gasteiger partial charge is 0.164 e. The van der Waals surface area contributed by atoms with Crippen molar-refractivity contribution in [3.05, 3.63) is 340 Å². The highest BCUT2D eigenvalue weighted by Gasteiger charge is 2.29. The maximum Gasteiger partial charge on any atom is 0.164 e. The molecule has 0 bridgehead atoms. The number of rotatable bonds is 11. The fraction of sp³-hybridized carbons (Fsp3) is 0. The Balaban J connectivity index is 0.625. The molecule has 490 valence electrons. The molecule has 0 saturated heterocycles. The predicted octanol–water partition coefficient (Wildman–Crippen LogP) is 25.8. The second-order valence-electron chi connectivity index (χ2n) is 27.5. The Kier molecular flexibility index (Phi) is 13.2. The molecule has 20 aromatic rings. The van der Waals surface area contributed by atoms with Gasteiger partial charge in [-0.2, -0.15) is 0 Å². The molecule has 0 radical (unpaired) electrons. The summed E-state index contributed by atoms with van der Waals surface area (Å²) in [5, 5.41) is 8.80. The lowest BCUT2D eigenvalue weighted by atomic mass is 9.91. The Morgan fingerprint density at radius 1 is 0.151 bits per heavy atom. The summed E-state index contributed by atoms with van der Waals surface area (Å²) in [4.78, 5) is 32.0. The summed E-state index contributed by atoms with van der Waals surface area (Å²) in [6, 6.07) is 120. The first-order valence-corrected chi connectivity index (χ1v) is 35.8. The highest BCUT2D eigenvalue weighted by molar-refractivity contribution is 6.21. The van der Waals surface area contributed by atoms with Crippen molar-refractivity contribution in [2.75, 3.05) is 0 Å². The van der Waals surface area contributed by atoms with E-state index in [4.69, 9.17) is 38.7 Å². The fourth-order valence-electron chi connectivity index (χ4n) is 16.6. The van der Waals surface area contributed by atoms with Gasteiger partial charge in [0.2, 0.25) is 0 Å². The molecule has 0 aliphatic heterocycles. The van der Waals surface area contributed by atoms with E-state index in [1.165, 1.54) is 71.6 Å². The van der Waals surface area contributed by atoms with Crippen molar-refractivity contribution >= 4 is 65.4 Å². The van der Waals surface area contributed by atoms with Crippen LogP contribution in [0.25, 0.3) is 234 Å². The standard InChI is InChI=1S/C98H56N6O2/c1-5-21-57(22-6-1)61-41-47-78-87(55-61)105-85-39-19-37-80(91(78)85)97-101-93(59-25-9-3-10-26-59)99-95(103-97)76-32-15-13-30-67(76)63-43-46-71-75-50-49-69(72-35-18-36-74(90(72)75)82(71)52-63)64-44-45-70-73-34-17-29-65-51-66(54-84(89(65)73)83(70)53-64)68-31-14-16-33-77(68)96-100-94(60-27-11-4-12-28-60)102-98(104-96)81-38-20-40-86-92(81)79-48-42-62(56-88(79)106-86)58-23-7-2-8-24-58/h1-56H. The third kappa shape index (κ3) is 9.48. The van der Waals surface area contributed by atoms with Crippen LogP contribution in [0, 0.1) is 0 Å². The molecule has 2 aliphatic carbocycles. The molecule has 0 saturated carbocycles. The van der Waals surface area contributed by atoms with Gasteiger partial charge in [-0.3, -0.25) is 0 Å². The van der Waals surface area contributed by atoms with Gasteiger partial charge in [0.25, 0.3) is 0 Å². The van der Waals surface area contributed by atoms with Crippen molar-refractivity contribution in [2.45, 2.75) is 0 Å². The van der Waals surface area contributed by atoms with Gasteiger partial charge in [0.05, 0.1) is 0 Å². The molecule has 0 amide bonds. The number of nitrogens with zero attached hydrogens (tertiary/aromatic N) is 6. The molecule has 8 heteroatoms. The molecular weight excluding hydrogens is 1290 g/mol. The molecule has 106 heavy (non-hydrogen) atoms. The second-order valence-corrected chi connectivity index (χ2v) is 27.5. The van der Waals surface area contributed by atoms with Crippen molar-refractivity contribution in [3.8, 4) is 168 Å². The highest BCUT2D eigenvalue weighted by Crippen LogP contribution is 2.54. The summed E-state index contributed by atoms with van der Waals surface area (Å²) >= 11 is 0. The Morgan fingerprint density at radius 2 is 0.519 bits per heavy atom.